The predicted octanol–water partition coefficient (Wildman–Crippen LogP) is 1.11. The fourth-order valence-electron chi connectivity index (χ4n) is 0.635. The Hall–Kier alpha value is -1.66. The van der Waals surface area contributed by atoms with E-state index in [4.69, 9.17) is 9.47 Å². The second-order valence-electron chi connectivity index (χ2n) is 3.09. The first kappa shape index (κ1) is 19.7. The molecule has 0 aromatic rings. The first-order valence-corrected chi connectivity index (χ1v) is 5.65. The van der Waals surface area contributed by atoms with E-state index in [9.17, 15) is 9.59 Å². The van der Waals surface area contributed by atoms with Crippen molar-refractivity contribution in [1.29, 1.82) is 0 Å². The Morgan fingerprint density at radius 1 is 1.26 bits per heavy atom. The number of esters is 2. The molecule has 1 heterocycles. The summed E-state index contributed by atoms with van der Waals surface area (Å²) in [6, 6.07) is 0. The van der Waals surface area contributed by atoms with Crippen molar-refractivity contribution in [2.45, 2.75) is 13.0 Å². The second-order valence-corrected chi connectivity index (χ2v) is 3.09. The van der Waals surface area contributed by atoms with E-state index in [1.54, 1.807) is 14.0 Å². The Balaban J connectivity index is 0. The van der Waals surface area contributed by atoms with E-state index in [1.165, 1.54) is 7.11 Å². The molecule has 0 N–H and O–H groups in total. The molecular formula is C13H22O6. The summed E-state index contributed by atoms with van der Waals surface area (Å²) in [5, 5.41) is 0. The largest absolute Gasteiger partial charge is 0.466 e. The highest BCUT2D eigenvalue weighted by molar-refractivity contribution is 5.81. The summed E-state index contributed by atoms with van der Waals surface area (Å²) in [6.45, 7) is 10.2. The van der Waals surface area contributed by atoms with Crippen molar-refractivity contribution >= 4 is 11.9 Å². The SMILES string of the molecule is C=CC(=O)OC.C=CC(=O)OCC.COCC1CO1. The van der Waals surface area contributed by atoms with Crippen LogP contribution in [0, 0.1) is 0 Å². The van der Waals surface area contributed by atoms with Crippen molar-refractivity contribution < 1.29 is 28.5 Å². The Morgan fingerprint density at radius 2 is 1.79 bits per heavy atom. The molecule has 1 aliphatic heterocycles. The molecule has 0 saturated carbocycles. The lowest BCUT2D eigenvalue weighted by Crippen LogP contribution is -1.97. The standard InChI is InChI=1S/C5H8O2.C4H8O2.C4H6O2/c1-3-5(6)7-4-2;1-5-2-4-3-6-4;1-3-4(5)6-2/h3H,1,4H2,2H3;4H,2-3H2,1H3;3H,1H2,2H3. The fraction of sp³-hybridized carbons (Fsp3) is 0.538. The van der Waals surface area contributed by atoms with E-state index >= 15 is 0 Å². The van der Waals surface area contributed by atoms with Crippen LogP contribution in [0.2, 0.25) is 0 Å². The van der Waals surface area contributed by atoms with Crippen molar-refractivity contribution in [3.63, 3.8) is 0 Å². The van der Waals surface area contributed by atoms with E-state index in [2.05, 4.69) is 22.6 Å². The zero-order valence-electron chi connectivity index (χ0n) is 11.7. The lowest BCUT2D eigenvalue weighted by Gasteiger charge is -1.90. The minimum atomic E-state index is -0.394. The molecule has 1 rings (SSSR count). The van der Waals surface area contributed by atoms with Gasteiger partial charge in [-0.25, -0.2) is 9.59 Å². The van der Waals surface area contributed by atoms with Crippen LogP contribution in [-0.4, -0.2) is 52.1 Å². The summed E-state index contributed by atoms with van der Waals surface area (Å²) in [4.78, 5) is 19.9. The van der Waals surface area contributed by atoms with Gasteiger partial charge in [-0.3, -0.25) is 0 Å². The highest BCUT2D eigenvalue weighted by Crippen LogP contribution is 2.06. The zero-order valence-corrected chi connectivity index (χ0v) is 11.7. The molecule has 0 spiro atoms. The summed E-state index contributed by atoms with van der Waals surface area (Å²) < 4.78 is 18.1. The number of epoxide rings is 1. The average molecular weight is 274 g/mol. The molecule has 6 heteroatoms. The molecule has 1 saturated heterocycles. The summed E-state index contributed by atoms with van der Waals surface area (Å²) in [5.41, 5.74) is 0. The van der Waals surface area contributed by atoms with Crippen LogP contribution >= 0.6 is 0 Å². The molecule has 19 heavy (non-hydrogen) atoms. The number of rotatable bonds is 5. The van der Waals surface area contributed by atoms with Gasteiger partial charge in [0.1, 0.15) is 6.10 Å². The van der Waals surface area contributed by atoms with E-state index in [1.807, 2.05) is 0 Å². The molecule has 1 aliphatic rings. The minimum absolute atomic E-state index is 0.359. The van der Waals surface area contributed by atoms with Gasteiger partial charge in [-0.05, 0) is 6.92 Å². The predicted molar refractivity (Wildman–Crippen MR) is 70.7 cm³/mol. The maximum atomic E-state index is 10.1. The van der Waals surface area contributed by atoms with Gasteiger partial charge in [0.15, 0.2) is 0 Å². The van der Waals surface area contributed by atoms with Crippen molar-refractivity contribution in [3.05, 3.63) is 25.3 Å². The lowest BCUT2D eigenvalue weighted by molar-refractivity contribution is -0.137. The van der Waals surface area contributed by atoms with Crippen molar-refractivity contribution in [3.8, 4) is 0 Å². The van der Waals surface area contributed by atoms with Gasteiger partial charge < -0.3 is 18.9 Å². The maximum absolute atomic E-state index is 10.1. The normalized spacial score (nSPS) is 14.6. The van der Waals surface area contributed by atoms with Crippen LogP contribution in [-0.2, 0) is 28.5 Å². The first-order chi connectivity index (χ1) is 9.05. The fourth-order valence-corrected chi connectivity index (χ4v) is 0.635. The number of carbonyl (C=O) groups is 2. The summed E-state index contributed by atoms with van der Waals surface area (Å²) in [5.74, 6) is -0.752. The third-order valence-electron chi connectivity index (χ3n) is 1.58. The number of methoxy groups -OCH3 is 2. The van der Waals surface area contributed by atoms with E-state index in [0.29, 0.717) is 12.7 Å². The van der Waals surface area contributed by atoms with Crippen LogP contribution in [0.4, 0.5) is 0 Å². The highest BCUT2D eigenvalue weighted by Gasteiger charge is 2.21. The molecule has 1 atom stereocenters. The lowest BCUT2D eigenvalue weighted by atomic mass is 10.5. The van der Waals surface area contributed by atoms with Gasteiger partial charge in [-0.1, -0.05) is 13.2 Å². The van der Waals surface area contributed by atoms with E-state index in [0.717, 1.165) is 25.4 Å². The summed E-state index contributed by atoms with van der Waals surface area (Å²) in [6.07, 6.45) is 2.68. The Labute approximate surface area is 114 Å². The third kappa shape index (κ3) is 18.9. The highest BCUT2D eigenvalue weighted by atomic mass is 16.6. The van der Waals surface area contributed by atoms with Crippen LogP contribution in [0.15, 0.2) is 25.3 Å². The first-order valence-electron chi connectivity index (χ1n) is 5.65. The molecule has 0 radical (unpaired) electrons. The zero-order chi connectivity index (χ0) is 15.1. The van der Waals surface area contributed by atoms with Gasteiger partial charge in [-0.2, -0.15) is 0 Å². The summed E-state index contributed by atoms with van der Waals surface area (Å²) in [7, 11) is 2.99. The quantitative estimate of drug-likeness (QED) is 0.425. The van der Waals surface area contributed by atoms with Crippen molar-refractivity contribution in [1.82, 2.24) is 0 Å². The monoisotopic (exact) mass is 274 g/mol. The minimum Gasteiger partial charge on any atom is -0.466 e. The second kappa shape index (κ2) is 14.4. The van der Waals surface area contributed by atoms with Crippen LogP contribution in [0.3, 0.4) is 0 Å². The number of hydrogen-bond donors (Lipinski definition) is 0. The third-order valence-corrected chi connectivity index (χ3v) is 1.58. The van der Waals surface area contributed by atoms with E-state index in [-0.39, 0.29) is 5.97 Å². The van der Waals surface area contributed by atoms with Crippen molar-refractivity contribution in [2.75, 3.05) is 34.0 Å². The van der Waals surface area contributed by atoms with Crippen LogP contribution < -0.4 is 0 Å². The molecule has 0 aliphatic carbocycles. The van der Waals surface area contributed by atoms with Gasteiger partial charge in [0, 0.05) is 19.3 Å². The van der Waals surface area contributed by atoms with Gasteiger partial charge >= 0.3 is 11.9 Å². The molecule has 6 nitrogen and oxygen atoms in total. The van der Waals surface area contributed by atoms with Gasteiger partial charge in [-0.15, -0.1) is 0 Å². The van der Waals surface area contributed by atoms with Gasteiger partial charge in [0.05, 0.1) is 26.9 Å². The molecule has 110 valence electrons. The Morgan fingerprint density at radius 3 is 1.89 bits per heavy atom. The summed E-state index contributed by atoms with van der Waals surface area (Å²) >= 11 is 0. The molecule has 1 fully saturated rings. The number of ether oxygens (including phenoxy) is 4. The molecule has 0 aromatic heterocycles. The van der Waals surface area contributed by atoms with Crippen LogP contribution in [0.1, 0.15) is 6.92 Å². The molecule has 1 unspecified atom stereocenters. The molecule has 0 amide bonds. The Kier molecular flexibility index (Phi) is 14.9. The topological polar surface area (TPSA) is 74.4 Å². The molecule has 0 bridgehead atoms. The molecular weight excluding hydrogens is 252 g/mol. The number of carbonyl (C=O) groups excluding carboxylic acids is 2. The molecule has 0 aromatic carbocycles. The van der Waals surface area contributed by atoms with Crippen LogP contribution in [0.25, 0.3) is 0 Å². The van der Waals surface area contributed by atoms with Crippen LogP contribution in [0.5, 0.6) is 0 Å². The van der Waals surface area contributed by atoms with Crippen molar-refractivity contribution in [2.24, 2.45) is 0 Å². The maximum Gasteiger partial charge on any atom is 0.330 e. The van der Waals surface area contributed by atoms with Gasteiger partial charge in [0.2, 0.25) is 0 Å². The number of hydrogen-bond acceptors (Lipinski definition) is 6. The Bertz CT molecular complexity index is 270. The smallest absolute Gasteiger partial charge is 0.330 e. The van der Waals surface area contributed by atoms with E-state index < -0.39 is 5.97 Å². The van der Waals surface area contributed by atoms with Gasteiger partial charge in [0.25, 0.3) is 0 Å². The average Bonchev–Trinajstić information content (AvgIpc) is 3.24.